The number of nitrogens with one attached hydrogen (secondary N) is 1. The van der Waals surface area contributed by atoms with Gasteiger partial charge >= 0.3 is 5.97 Å². The highest BCUT2D eigenvalue weighted by molar-refractivity contribution is 5.76. The molecule has 7 atom stereocenters. The number of rotatable bonds is 69. The zero-order valence-corrected chi connectivity index (χ0v) is 58.0. The van der Waals surface area contributed by atoms with E-state index in [0.717, 1.165) is 51.4 Å². The van der Waals surface area contributed by atoms with Gasteiger partial charge in [0, 0.05) is 12.8 Å². The minimum Gasteiger partial charge on any atom is -0.466 e. The maximum absolute atomic E-state index is 13.1. The summed E-state index contributed by atoms with van der Waals surface area (Å²) in [4.78, 5) is 25.1. The highest BCUT2D eigenvalue weighted by Gasteiger charge is 2.44. The largest absolute Gasteiger partial charge is 0.466 e. The molecule has 1 aliphatic heterocycles. The van der Waals surface area contributed by atoms with E-state index < -0.39 is 49.5 Å². The molecule has 0 aliphatic carbocycles. The number of aliphatic hydroxyl groups excluding tert-OH is 5. The molecule has 1 fully saturated rings. The van der Waals surface area contributed by atoms with Crippen LogP contribution in [-0.2, 0) is 23.8 Å². The Bertz CT molecular complexity index is 1510. The quantitative estimate of drug-likeness (QED) is 0.0195. The maximum Gasteiger partial charge on any atom is 0.305 e. The minimum atomic E-state index is -1.57. The zero-order valence-electron chi connectivity index (χ0n) is 58.0. The Morgan fingerprint density at radius 3 is 1.09 bits per heavy atom. The fraction of sp³-hybridized carbons (Fsp3) is 0.922. The molecule has 7 unspecified atom stereocenters. The van der Waals surface area contributed by atoms with E-state index in [9.17, 15) is 35.1 Å². The Kier molecular flexibility index (Phi) is 63.7. The van der Waals surface area contributed by atoms with Gasteiger partial charge < -0.3 is 45.1 Å². The lowest BCUT2D eigenvalue weighted by Gasteiger charge is -2.40. The van der Waals surface area contributed by atoms with E-state index in [0.29, 0.717) is 19.4 Å². The molecule has 0 aromatic carbocycles. The average Bonchev–Trinajstić information content (AvgIpc) is 3.64. The average molecular weight is 1250 g/mol. The number of aliphatic hydroxyl groups is 5. The van der Waals surface area contributed by atoms with Crippen molar-refractivity contribution in [2.24, 2.45) is 0 Å². The van der Waals surface area contributed by atoms with E-state index in [4.69, 9.17) is 14.2 Å². The molecule has 0 saturated carbocycles. The van der Waals surface area contributed by atoms with Gasteiger partial charge in [-0.1, -0.05) is 346 Å². The summed E-state index contributed by atoms with van der Waals surface area (Å²) in [6, 6.07) is -0.806. The second-order valence-electron chi connectivity index (χ2n) is 27.1. The topological polar surface area (TPSA) is 175 Å². The third-order valence-corrected chi connectivity index (χ3v) is 18.6. The van der Waals surface area contributed by atoms with Crippen LogP contribution >= 0.6 is 0 Å². The number of unbranched alkanes of at least 4 members (excludes halogenated alkanes) is 53. The number of ether oxygens (including phenoxy) is 3. The Morgan fingerprint density at radius 1 is 0.409 bits per heavy atom. The van der Waals surface area contributed by atoms with Crippen LogP contribution < -0.4 is 5.32 Å². The molecule has 88 heavy (non-hydrogen) atoms. The molecule has 1 rings (SSSR count). The van der Waals surface area contributed by atoms with Crippen LogP contribution in [0.3, 0.4) is 0 Å². The van der Waals surface area contributed by atoms with Crippen molar-refractivity contribution in [2.75, 3.05) is 19.8 Å². The predicted octanol–water partition coefficient (Wildman–Crippen LogP) is 20.4. The van der Waals surface area contributed by atoms with Crippen LogP contribution in [0.25, 0.3) is 0 Å². The lowest BCUT2D eigenvalue weighted by Crippen LogP contribution is -2.60. The number of carbonyl (C=O) groups excluding carboxylic acids is 2. The molecule has 0 radical (unpaired) electrons. The second kappa shape index (κ2) is 66.6. The number of hydrogen-bond acceptors (Lipinski definition) is 10. The minimum absolute atomic E-state index is 0.0156. The Hall–Kier alpha value is -1.86. The first kappa shape index (κ1) is 84.2. The van der Waals surface area contributed by atoms with Crippen LogP contribution in [0.4, 0.5) is 0 Å². The monoisotopic (exact) mass is 1250 g/mol. The molecule has 0 aromatic heterocycles. The van der Waals surface area contributed by atoms with Crippen molar-refractivity contribution in [1.29, 1.82) is 0 Å². The van der Waals surface area contributed by atoms with Gasteiger partial charge in [0.25, 0.3) is 0 Å². The van der Waals surface area contributed by atoms with Crippen molar-refractivity contribution in [3.8, 4) is 0 Å². The number of hydrogen-bond donors (Lipinski definition) is 6. The summed E-state index contributed by atoms with van der Waals surface area (Å²) in [5.74, 6) is -0.160. The van der Waals surface area contributed by atoms with Gasteiger partial charge in [-0.05, 0) is 57.8 Å². The van der Waals surface area contributed by atoms with E-state index in [1.807, 2.05) is 6.08 Å². The van der Waals surface area contributed by atoms with Crippen molar-refractivity contribution >= 4 is 11.9 Å². The Morgan fingerprint density at radius 2 is 0.727 bits per heavy atom. The molecular formula is C77H147NO10. The summed E-state index contributed by atoms with van der Waals surface area (Å²) in [6.07, 6.45) is 74.9. The third-order valence-electron chi connectivity index (χ3n) is 18.6. The number of amides is 1. The van der Waals surface area contributed by atoms with Crippen LogP contribution in [0.2, 0.25) is 0 Å². The lowest BCUT2D eigenvalue weighted by molar-refractivity contribution is -0.302. The standard InChI is InChI=1S/C77H147NO10/c1-3-5-7-9-11-13-15-44-47-51-55-59-63-70(80)69(68-87-77-76(85)75(84)74(83)71(67-79)88-77)78-72(81)64-60-56-52-48-45-41-39-37-35-33-31-29-27-25-23-21-19-17-16-18-20-22-24-26-28-30-32-34-36-38-40-42-46-50-54-58-62-66-86-73(82)65-61-57-53-49-43-14-12-10-8-6-4-2/h16,18,59,63,69-71,74-77,79-80,83-85H,3-15,17,19-58,60-62,64-68H2,1-2H3,(H,78,81)/b18-16-,63-59+. The van der Waals surface area contributed by atoms with Gasteiger partial charge in [0.1, 0.15) is 24.4 Å². The lowest BCUT2D eigenvalue weighted by atomic mass is 9.99. The van der Waals surface area contributed by atoms with E-state index in [2.05, 4.69) is 31.3 Å². The summed E-state index contributed by atoms with van der Waals surface area (Å²) < 4.78 is 16.7. The Balaban J connectivity index is 1.90. The van der Waals surface area contributed by atoms with Crippen LogP contribution in [0.15, 0.2) is 24.3 Å². The molecule has 1 aliphatic rings. The third kappa shape index (κ3) is 54.7. The fourth-order valence-electron chi connectivity index (χ4n) is 12.5. The van der Waals surface area contributed by atoms with Crippen molar-refractivity contribution in [3.05, 3.63) is 24.3 Å². The fourth-order valence-corrected chi connectivity index (χ4v) is 12.5. The number of carbonyl (C=O) groups is 2. The smallest absolute Gasteiger partial charge is 0.305 e. The van der Waals surface area contributed by atoms with Crippen molar-refractivity contribution in [2.45, 2.75) is 436 Å². The molecule has 11 heteroatoms. The zero-order chi connectivity index (χ0) is 63.7. The molecule has 0 spiro atoms. The van der Waals surface area contributed by atoms with Gasteiger partial charge in [-0.15, -0.1) is 0 Å². The van der Waals surface area contributed by atoms with Gasteiger partial charge in [0.15, 0.2) is 6.29 Å². The molecule has 0 bridgehead atoms. The molecule has 11 nitrogen and oxygen atoms in total. The molecule has 1 saturated heterocycles. The summed E-state index contributed by atoms with van der Waals surface area (Å²) >= 11 is 0. The Labute approximate surface area is 543 Å². The van der Waals surface area contributed by atoms with E-state index in [-0.39, 0.29) is 18.5 Å². The predicted molar refractivity (Wildman–Crippen MR) is 371 cm³/mol. The summed E-state index contributed by atoms with van der Waals surface area (Å²) in [6.45, 7) is 4.39. The number of esters is 1. The second-order valence-corrected chi connectivity index (χ2v) is 27.1. The first-order chi connectivity index (χ1) is 43.2. The van der Waals surface area contributed by atoms with Crippen LogP contribution in [0, 0.1) is 0 Å². The molecule has 520 valence electrons. The van der Waals surface area contributed by atoms with Gasteiger partial charge in [0.2, 0.25) is 5.91 Å². The SMILES string of the molecule is CCCCCCCCCCCC/C=C/C(O)C(COC1OC(CO)C(O)C(O)C1O)NC(=O)CCCCCCCCCCCCCCCCCCC/C=C\CCCCCCCCCCCCCCCCCCOC(=O)CCCCCCCCCCCCC. The molecule has 1 amide bonds. The molecule has 0 aromatic rings. The van der Waals surface area contributed by atoms with Gasteiger partial charge in [0.05, 0.1) is 32.0 Å². The maximum atomic E-state index is 13.1. The van der Waals surface area contributed by atoms with Crippen molar-refractivity contribution in [1.82, 2.24) is 5.32 Å². The van der Waals surface area contributed by atoms with E-state index in [1.54, 1.807) is 6.08 Å². The van der Waals surface area contributed by atoms with Crippen LogP contribution in [0.1, 0.15) is 393 Å². The summed E-state index contributed by atoms with van der Waals surface area (Å²) in [7, 11) is 0. The van der Waals surface area contributed by atoms with E-state index >= 15 is 0 Å². The normalized spacial score (nSPS) is 17.8. The number of allylic oxidation sites excluding steroid dienone is 3. The van der Waals surface area contributed by atoms with Gasteiger partial charge in [-0.2, -0.15) is 0 Å². The molecular weight excluding hydrogens is 1100 g/mol. The summed E-state index contributed by atoms with van der Waals surface area (Å²) in [5.41, 5.74) is 0. The first-order valence-corrected chi connectivity index (χ1v) is 38.6. The van der Waals surface area contributed by atoms with Gasteiger partial charge in [-0.25, -0.2) is 0 Å². The van der Waals surface area contributed by atoms with E-state index in [1.165, 1.54) is 315 Å². The molecule has 6 N–H and O–H groups in total. The highest BCUT2D eigenvalue weighted by Crippen LogP contribution is 2.24. The van der Waals surface area contributed by atoms with Crippen molar-refractivity contribution < 1.29 is 49.3 Å². The summed E-state index contributed by atoms with van der Waals surface area (Å²) in [5, 5.41) is 54.5. The first-order valence-electron chi connectivity index (χ1n) is 38.6. The van der Waals surface area contributed by atoms with Crippen LogP contribution in [0.5, 0.6) is 0 Å². The molecule has 1 heterocycles. The highest BCUT2D eigenvalue weighted by atomic mass is 16.7. The van der Waals surface area contributed by atoms with Crippen molar-refractivity contribution in [3.63, 3.8) is 0 Å². The van der Waals surface area contributed by atoms with Crippen LogP contribution in [-0.4, -0.2) is 100 Å². The van der Waals surface area contributed by atoms with Gasteiger partial charge in [-0.3, -0.25) is 9.59 Å².